The number of carbonyl (C=O) groups is 1. The molecule has 0 radical (unpaired) electrons. The molecule has 0 aliphatic carbocycles. The van der Waals surface area contributed by atoms with Crippen LogP contribution in [0.5, 0.6) is 0 Å². The van der Waals surface area contributed by atoms with E-state index in [1.165, 1.54) is 29.5 Å². The zero-order chi connectivity index (χ0) is 23.3. The summed E-state index contributed by atoms with van der Waals surface area (Å²) in [5, 5.41) is 2.71. The average Bonchev–Trinajstić information content (AvgIpc) is 3.19. The monoisotopic (exact) mass is 478 g/mol. The molecular formula is C22H17F3N2O3S2. The number of alkyl halides is 3. The van der Waals surface area contributed by atoms with E-state index in [2.05, 4.69) is 10.0 Å². The maximum atomic E-state index is 12.8. The first-order chi connectivity index (χ1) is 14.9. The van der Waals surface area contributed by atoms with Crippen LogP contribution in [-0.4, -0.2) is 14.3 Å². The van der Waals surface area contributed by atoms with Crippen LogP contribution in [0, 0.1) is 13.8 Å². The molecule has 2 aromatic carbocycles. The van der Waals surface area contributed by atoms with Gasteiger partial charge in [-0.2, -0.15) is 13.2 Å². The van der Waals surface area contributed by atoms with Crippen molar-refractivity contribution in [2.75, 3.05) is 10.0 Å². The van der Waals surface area contributed by atoms with Gasteiger partial charge in [-0.3, -0.25) is 9.52 Å². The molecule has 32 heavy (non-hydrogen) atoms. The number of fused-ring (bicyclic) bond motifs is 1. The lowest BCUT2D eigenvalue weighted by atomic mass is 10.1. The molecule has 5 nitrogen and oxygen atoms in total. The molecule has 0 saturated carbocycles. The fourth-order valence-corrected chi connectivity index (χ4v) is 5.30. The molecule has 0 saturated heterocycles. The van der Waals surface area contributed by atoms with Crippen LogP contribution in [-0.2, 0) is 21.0 Å². The van der Waals surface area contributed by atoms with Crippen LogP contribution in [0.25, 0.3) is 11.6 Å². The van der Waals surface area contributed by atoms with Gasteiger partial charge in [-0.15, -0.1) is 11.3 Å². The summed E-state index contributed by atoms with van der Waals surface area (Å²) < 4.78 is 66.1. The molecule has 1 aliphatic rings. The Morgan fingerprint density at radius 3 is 2.31 bits per heavy atom. The van der Waals surface area contributed by atoms with Gasteiger partial charge < -0.3 is 5.32 Å². The predicted molar refractivity (Wildman–Crippen MR) is 119 cm³/mol. The summed E-state index contributed by atoms with van der Waals surface area (Å²) in [5.74, 6) is -0.339. The van der Waals surface area contributed by atoms with Crippen LogP contribution < -0.4 is 10.0 Å². The van der Waals surface area contributed by atoms with Gasteiger partial charge in [-0.1, -0.05) is 0 Å². The van der Waals surface area contributed by atoms with Gasteiger partial charge in [0.15, 0.2) is 0 Å². The van der Waals surface area contributed by atoms with E-state index in [0.717, 1.165) is 39.6 Å². The lowest BCUT2D eigenvalue weighted by Gasteiger charge is -2.11. The molecule has 1 amide bonds. The first kappa shape index (κ1) is 22.1. The number of rotatable bonds is 4. The summed E-state index contributed by atoms with van der Waals surface area (Å²) in [4.78, 5) is 14.3. The zero-order valence-electron chi connectivity index (χ0n) is 16.9. The topological polar surface area (TPSA) is 75.3 Å². The summed E-state index contributed by atoms with van der Waals surface area (Å²) in [6, 6.07) is 9.83. The Balaban J connectivity index is 1.66. The molecule has 10 heteroatoms. The summed E-state index contributed by atoms with van der Waals surface area (Å²) >= 11 is 1.53. The lowest BCUT2D eigenvalue weighted by Crippen LogP contribution is -2.13. The zero-order valence-corrected chi connectivity index (χ0v) is 18.5. The van der Waals surface area contributed by atoms with Gasteiger partial charge >= 0.3 is 6.18 Å². The highest BCUT2D eigenvalue weighted by atomic mass is 32.2. The third-order valence-corrected chi connectivity index (χ3v) is 7.50. The highest BCUT2D eigenvalue weighted by Gasteiger charge is 2.30. The number of carbonyl (C=O) groups excluding carboxylic acids is 1. The standard InChI is InChI=1S/C22H17F3N2O3S2/c1-12-9-16(31-13(12)2)10-19-18-11-17(7-8-20(18)26-21(19)28)32(29,30)27-15-5-3-14(4-6-15)22(23,24)25/h3-11,27H,1-2H3,(H,26,28). The van der Waals surface area contributed by atoms with Gasteiger partial charge in [0, 0.05) is 26.7 Å². The van der Waals surface area contributed by atoms with E-state index in [4.69, 9.17) is 0 Å². The number of nitrogens with one attached hydrogen (secondary N) is 2. The molecule has 1 aliphatic heterocycles. The SMILES string of the molecule is Cc1cc(C=C2C(=O)Nc3ccc(S(=O)(=O)Nc4ccc(C(F)(F)F)cc4)cc32)sc1C. The third-order valence-electron chi connectivity index (χ3n) is 5.02. The number of benzene rings is 2. The number of hydrogen-bond donors (Lipinski definition) is 2. The molecule has 0 atom stereocenters. The summed E-state index contributed by atoms with van der Waals surface area (Å²) in [6.45, 7) is 3.94. The van der Waals surface area contributed by atoms with Crippen molar-refractivity contribution in [2.24, 2.45) is 0 Å². The van der Waals surface area contributed by atoms with E-state index in [0.29, 0.717) is 16.8 Å². The van der Waals surface area contributed by atoms with E-state index in [1.54, 1.807) is 6.08 Å². The van der Waals surface area contributed by atoms with Crippen LogP contribution in [0.15, 0.2) is 53.4 Å². The Labute approximate surface area is 186 Å². The number of anilines is 2. The molecule has 3 aromatic rings. The van der Waals surface area contributed by atoms with E-state index in [-0.39, 0.29) is 16.5 Å². The first-order valence-electron chi connectivity index (χ1n) is 9.39. The van der Waals surface area contributed by atoms with Crippen molar-refractivity contribution in [3.63, 3.8) is 0 Å². The van der Waals surface area contributed by atoms with Gasteiger partial charge in [0.05, 0.1) is 16.0 Å². The van der Waals surface area contributed by atoms with E-state index in [9.17, 15) is 26.4 Å². The number of sulfonamides is 1. The fraction of sp³-hybridized carbons (Fsp3) is 0.136. The van der Waals surface area contributed by atoms with Crippen molar-refractivity contribution in [2.45, 2.75) is 24.9 Å². The molecule has 2 heterocycles. The Hall–Kier alpha value is -3.11. The van der Waals surface area contributed by atoms with Crippen LogP contribution >= 0.6 is 11.3 Å². The van der Waals surface area contributed by atoms with Crippen LogP contribution in [0.1, 0.15) is 26.4 Å². The lowest BCUT2D eigenvalue weighted by molar-refractivity contribution is -0.137. The highest BCUT2D eigenvalue weighted by Crippen LogP contribution is 2.36. The number of thiophene rings is 1. The van der Waals surface area contributed by atoms with Crippen molar-refractivity contribution in [3.05, 3.63) is 75.0 Å². The Bertz CT molecular complexity index is 1340. The second kappa shape index (κ2) is 7.79. The predicted octanol–water partition coefficient (Wildman–Crippen LogP) is 5.68. The van der Waals surface area contributed by atoms with Crippen LogP contribution in [0.3, 0.4) is 0 Å². The summed E-state index contributed by atoms with van der Waals surface area (Å²) in [7, 11) is -4.09. The number of hydrogen-bond acceptors (Lipinski definition) is 4. The summed E-state index contributed by atoms with van der Waals surface area (Å²) in [6.07, 6.45) is -2.80. The maximum Gasteiger partial charge on any atom is 0.416 e. The highest BCUT2D eigenvalue weighted by molar-refractivity contribution is 7.92. The molecule has 0 spiro atoms. The normalized spacial score (nSPS) is 15.0. The molecule has 166 valence electrons. The quantitative estimate of drug-likeness (QED) is 0.474. The van der Waals surface area contributed by atoms with Gasteiger partial charge in [0.25, 0.3) is 15.9 Å². The Morgan fingerprint density at radius 1 is 1.03 bits per heavy atom. The first-order valence-corrected chi connectivity index (χ1v) is 11.7. The molecule has 0 fully saturated rings. The van der Waals surface area contributed by atoms with E-state index < -0.39 is 21.8 Å². The smallest absolute Gasteiger partial charge is 0.321 e. The van der Waals surface area contributed by atoms with Gasteiger partial charge in [-0.25, -0.2) is 8.42 Å². The maximum absolute atomic E-state index is 12.8. The minimum atomic E-state index is -4.51. The van der Waals surface area contributed by atoms with Gasteiger partial charge in [0.1, 0.15) is 0 Å². The minimum absolute atomic E-state index is 0.00648. The summed E-state index contributed by atoms with van der Waals surface area (Å²) in [5.41, 5.74) is 1.48. The average molecular weight is 479 g/mol. The molecule has 2 N–H and O–H groups in total. The second-order valence-corrected chi connectivity index (χ2v) is 10.3. The van der Waals surface area contributed by atoms with Crippen molar-refractivity contribution in [1.82, 2.24) is 0 Å². The number of amides is 1. The molecular weight excluding hydrogens is 461 g/mol. The van der Waals surface area contributed by atoms with E-state index >= 15 is 0 Å². The Kier molecular flexibility index (Phi) is 5.38. The van der Waals surface area contributed by atoms with Crippen LogP contribution in [0.4, 0.5) is 24.5 Å². The van der Waals surface area contributed by atoms with Crippen molar-refractivity contribution in [3.8, 4) is 0 Å². The third kappa shape index (κ3) is 4.28. The van der Waals surface area contributed by atoms with Gasteiger partial charge in [-0.05, 0) is 74.0 Å². The largest absolute Gasteiger partial charge is 0.416 e. The van der Waals surface area contributed by atoms with Crippen molar-refractivity contribution < 1.29 is 26.4 Å². The van der Waals surface area contributed by atoms with Crippen molar-refractivity contribution >= 4 is 50.3 Å². The molecule has 0 bridgehead atoms. The number of halogens is 3. The molecule has 4 rings (SSSR count). The van der Waals surface area contributed by atoms with E-state index in [1.807, 2.05) is 19.9 Å². The van der Waals surface area contributed by atoms with Crippen molar-refractivity contribution in [1.29, 1.82) is 0 Å². The molecule has 0 unspecified atom stereocenters. The minimum Gasteiger partial charge on any atom is -0.321 e. The Morgan fingerprint density at radius 2 is 1.72 bits per heavy atom. The van der Waals surface area contributed by atoms with Crippen LogP contribution in [0.2, 0.25) is 0 Å². The second-order valence-electron chi connectivity index (χ2n) is 7.29. The fourth-order valence-electron chi connectivity index (χ4n) is 3.23. The number of aryl methyl sites for hydroxylation is 2. The molecule has 1 aromatic heterocycles. The van der Waals surface area contributed by atoms with Gasteiger partial charge in [0.2, 0.25) is 0 Å².